The summed E-state index contributed by atoms with van der Waals surface area (Å²) in [5.74, 6) is 0.679. The van der Waals surface area contributed by atoms with E-state index < -0.39 is 6.04 Å². The fourth-order valence-electron chi connectivity index (χ4n) is 3.43. The van der Waals surface area contributed by atoms with Crippen LogP contribution in [0.2, 0.25) is 10.0 Å². The molecule has 0 radical (unpaired) electrons. The Morgan fingerprint density at radius 3 is 2.23 bits per heavy atom. The third kappa shape index (κ3) is 6.66. The summed E-state index contributed by atoms with van der Waals surface area (Å²) in [6.07, 6.45) is 0.495. The van der Waals surface area contributed by atoms with Crippen molar-refractivity contribution in [2.24, 2.45) is 0 Å². The first-order chi connectivity index (χ1) is 14.3. The van der Waals surface area contributed by atoms with E-state index in [0.717, 1.165) is 5.75 Å². The fraction of sp³-hybridized carbons (Fsp3) is 0.391. The van der Waals surface area contributed by atoms with Crippen LogP contribution in [-0.2, 0) is 21.9 Å². The highest BCUT2D eigenvalue weighted by molar-refractivity contribution is 7.99. The van der Waals surface area contributed by atoms with E-state index in [1.165, 1.54) is 28.5 Å². The van der Waals surface area contributed by atoms with Gasteiger partial charge in [0.05, 0.1) is 5.75 Å². The molecule has 0 heterocycles. The molecule has 1 atom stereocenters. The number of carbonyl (C=O) groups excluding carboxylic acids is 2. The lowest BCUT2D eigenvalue weighted by Crippen LogP contribution is -2.48. The van der Waals surface area contributed by atoms with Gasteiger partial charge in [-0.15, -0.1) is 11.8 Å². The third-order valence-electron chi connectivity index (χ3n) is 4.80. The van der Waals surface area contributed by atoms with Gasteiger partial charge in [0.25, 0.3) is 0 Å². The van der Waals surface area contributed by atoms with E-state index in [2.05, 4.69) is 37.4 Å². The largest absolute Gasteiger partial charge is 0.357 e. The monoisotopic (exact) mass is 466 g/mol. The van der Waals surface area contributed by atoms with Crippen molar-refractivity contribution in [1.29, 1.82) is 0 Å². The molecular weight excluding hydrogens is 439 g/mol. The average molecular weight is 467 g/mol. The molecule has 30 heavy (non-hydrogen) atoms. The number of amides is 2. The number of aryl methyl sites for hydroxylation is 2. The maximum Gasteiger partial charge on any atom is 0.242 e. The fourth-order valence-corrected chi connectivity index (χ4v) is 4.79. The SMILES string of the molecule is CC[C@@H](C(=O)NC)N(Cc1c(Cl)cccc1Cl)C(=O)CSCc1cc(C)cc(C)c1. The smallest absolute Gasteiger partial charge is 0.242 e. The Morgan fingerprint density at radius 2 is 1.70 bits per heavy atom. The van der Waals surface area contributed by atoms with Gasteiger partial charge in [0.2, 0.25) is 11.8 Å². The van der Waals surface area contributed by atoms with E-state index in [1.54, 1.807) is 30.1 Å². The molecule has 0 aliphatic heterocycles. The minimum absolute atomic E-state index is 0.115. The summed E-state index contributed by atoms with van der Waals surface area (Å²) in [4.78, 5) is 27.2. The van der Waals surface area contributed by atoms with Gasteiger partial charge in [-0.2, -0.15) is 0 Å². The predicted octanol–water partition coefficient (Wildman–Crippen LogP) is 5.40. The summed E-state index contributed by atoms with van der Waals surface area (Å²) in [6.45, 7) is 6.21. The molecular formula is C23H28Cl2N2O2S. The molecule has 2 amide bonds. The lowest BCUT2D eigenvalue weighted by molar-refractivity contribution is -0.139. The third-order valence-corrected chi connectivity index (χ3v) is 6.49. The van der Waals surface area contributed by atoms with Crippen LogP contribution in [0.5, 0.6) is 0 Å². The van der Waals surface area contributed by atoms with Gasteiger partial charge in [-0.25, -0.2) is 0 Å². The van der Waals surface area contributed by atoms with Crippen molar-refractivity contribution < 1.29 is 9.59 Å². The number of rotatable bonds is 9. The van der Waals surface area contributed by atoms with Gasteiger partial charge in [-0.1, -0.05) is 65.5 Å². The standard InChI is InChI=1S/C23H28Cl2N2O2S/c1-5-21(23(29)26-4)27(12-18-19(24)7-6-8-20(18)25)22(28)14-30-13-17-10-15(2)9-16(3)11-17/h6-11,21H,5,12-14H2,1-4H3,(H,26,29)/t21-/m0/s1. The second-order valence-electron chi connectivity index (χ2n) is 7.25. The summed E-state index contributed by atoms with van der Waals surface area (Å²) < 4.78 is 0. The van der Waals surface area contributed by atoms with Crippen molar-refractivity contribution in [2.45, 2.75) is 45.5 Å². The highest BCUT2D eigenvalue weighted by Gasteiger charge is 2.29. The van der Waals surface area contributed by atoms with E-state index in [0.29, 0.717) is 22.0 Å². The van der Waals surface area contributed by atoms with Gasteiger partial charge in [0.1, 0.15) is 6.04 Å². The topological polar surface area (TPSA) is 49.4 Å². The van der Waals surface area contributed by atoms with Crippen molar-refractivity contribution in [3.05, 3.63) is 68.7 Å². The van der Waals surface area contributed by atoms with Gasteiger partial charge in [0, 0.05) is 35.0 Å². The zero-order valence-electron chi connectivity index (χ0n) is 17.8. The average Bonchev–Trinajstić information content (AvgIpc) is 2.68. The first kappa shape index (κ1) is 24.6. The van der Waals surface area contributed by atoms with E-state index in [-0.39, 0.29) is 24.1 Å². The molecule has 0 aliphatic carbocycles. The Kier molecular flexibility index (Phi) is 9.53. The Morgan fingerprint density at radius 1 is 1.10 bits per heavy atom. The molecule has 2 aromatic carbocycles. The van der Waals surface area contributed by atoms with Crippen molar-refractivity contribution >= 4 is 46.8 Å². The molecule has 7 heteroatoms. The molecule has 0 unspecified atom stereocenters. The first-order valence-corrected chi connectivity index (χ1v) is 11.8. The zero-order chi connectivity index (χ0) is 22.3. The molecule has 0 fully saturated rings. The number of hydrogen-bond donors (Lipinski definition) is 1. The van der Waals surface area contributed by atoms with E-state index in [4.69, 9.17) is 23.2 Å². The van der Waals surface area contributed by atoms with Crippen molar-refractivity contribution in [3.8, 4) is 0 Å². The minimum Gasteiger partial charge on any atom is -0.357 e. The zero-order valence-corrected chi connectivity index (χ0v) is 20.1. The van der Waals surface area contributed by atoms with Gasteiger partial charge < -0.3 is 10.2 Å². The Hall–Kier alpha value is -1.69. The number of nitrogens with zero attached hydrogens (tertiary/aromatic N) is 1. The van der Waals surface area contributed by atoms with Crippen LogP contribution in [0, 0.1) is 13.8 Å². The highest BCUT2D eigenvalue weighted by Crippen LogP contribution is 2.27. The molecule has 162 valence electrons. The number of carbonyl (C=O) groups is 2. The van der Waals surface area contributed by atoms with E-state index in [9.17, 15) is 9.59 Å². The highest BCUT2D eigenvalue weighted by atomic mass is 35.5. The van der Waals surface area contributed by atoms with Crippen LogP contribution in [-0.4, -0.2) is 35.6 Å². The van der Waals surface area contributed by atoms with Crippen LogP contribution in [0.4, 0.5) is 0 Å². The minimum atomic E-state index is -0.586. The second kappa shape index (κ2) is 11.6. The van der Waals surface area contributed by atoms with Gasteiger partial charge in [0.15, 0.2) is 0 Å². The first-order valence-electron chi connectivity index (χ1n) is 9.85. The number of benzene rings is 2. The second-order valence-corrected chi connectivity index (χ2v) is 9.05. The normalized spacial score (nSPS) is 11.8. The predicted molar refractivity (Wildman–Crippen MR) is 127 cm³/mol. The van der Waals surface area contributed by atoms with Gasteiger partial charge in [-0.3, -0.25) is 9.59 Å². The lowest BCUT2D eigenvalue weighted by Gasteiger charge is -2.30. The summed E-state index contributed by atoms with van der Waals surface area (Å²) in [5, 5.41) is 3.62. The molecule has 2 aromatic rings. The maximum absolute atomic E-state index is 13.2. The van der Waals surface area contributed by atoms with Crippen molar-refractivity contribution in [1.82, 2.24) is 10.2 Å². The lowest BCUT2D eigenvalue weighted by atomic mass is 10.1. The molecule has 0 spiro atoms. The van der Waals surface area contributed by atoms with Crippen LogP contribution in [0.15, 0.2) is 36.4 Å². The Balaban J connectivity index is 2.18. The molecule has 0 aromatic heterocycles. The van der Waals surface area contributed by atoms with Crippen LogP contribution in [0.3, 0.4) is 0 Å². The number of thioether (sulfide) groups is 1. The molecule has 2 rings (SSSR count). The van der Waals surface area contributed by atoms with E-state index in [1.807, 2.05) is 6.92 Å². The van der Waals surface area contributed by atoms with Crippen LogP contribution in [0.1, 0.15) is 35.6 Å². The summed E-state index contributed by atoms with van der Waals surface area (Å²) in [5.41, 5.74) is 4.25. The molecule has 0 saturated heterocycles. The Bertz CT molecular complexity index is 864. The van der Waals surface area contributed by atoms with Crippen LogP contribution < -0.4 is 5.32 Å². The summed E-state index contributed by atoms with van der Waals surface area (Å²) in [7, 11) is 1.57. The van der Waals surface area contributed by atoms with Crippen LogP contribution in [0.25, 0.3) is 0 Å². The van der Waals surface area contributed by atoms with Crippen molar-refractivity contribution in [2.75, 3.05) is 12.8 Å². The maximum atomic E-state index is 13.2. The number of nitrogens with one attached hydrogen (secondary N) is 1. The molecule has 0 bridgehead atoms. The van der Waals surface area contributed by atoms with Crippen LogP contribution >= 0.6 is 35.0 Å². The summed E-state index contributed by atoms with van der Waals surface area (Å²) >= 11 is 14.2. The van der Waals surface area contributed by atoms with E-state index >= 15 is 0 Å². The van der Waals surface area contributed by atoms with Crippen molar-refractivity contribution in [3.63, 3.8) is 0 Å². The quantitative estimate of drug-likeness (QED) is 0.538. The molecule has 0 saturated carbocycles. The number of likely N-dealkylation sites (N-methyl/N-ethyl adjacent to an activating group) is 1. The summed E-state index contributed by atoms with van der Waals surface area (Å²) in [6, 6.07) is 11.0. The van der Waals surface area contributed by atoms with Gasteiger partial charge in [-0.05, 0) is 38.0 Å². The number of halogens is 2. The molecule has 4 nitrogen and oxygen atoms in total. The number of hydrogen-bond acceptors (Lipinski definition) is 3. The Labute approximate surface area is 193 Å². The molecule has 0 aliphatic rings. The molecule has 1 N–H and O–H groups in total. The van der Waals surface area contributed by atoms with Gasteiger partial charge >= 0.3 is 0 Å².